The maximum Gasteiger partial charge on any atom is 0.306 e. The van der Waals surface area contributed by atoms with Crippen LogP contribution in [0.1, 0.15) is 34.5 Å². The van der Waals surface area contributed by atoms with Crippen LogP contribution in [0.25, 0.3) is 22.4 Å². The molecule has 1 amide bonds. The predicted molar refractivity (Wildman–Crippen MR) is 103 cm³/mol. The molecule has 1 aliphatic heterocycles. The van der Waals surface area contributed by atoms with E-state index in [0.717, 1.165) is 11.1 Å². The Labute approximate surface area is 162 Å². The minimum absolute atomic E-state index is 0.143. The number of amides is 1. The Kier molecular flexibility index (Phi) is 4.58. The Morgan fingerprint density at radius 3 is 2.46 bits per heavy atom. The van der Waals surface area contributed by atoms with Crippen molar-refractivity contribution in [1.82, 2.24) is 15.0 Å². The number of piperidine rings is 1. The normalized spacial score (nSPS) is 15.1. The van der Waals surface area contributed by atoms with E-state index in [-0.39, 0.29) is 11.8 Å². The van der Waals surface area contributed by atoms with Gasteiger partial charge in [-0.05, 0) is 32.8 Å². The van der Waals surface area contributed by atoms with Gasteiger partial charge in [0.1, 0.15) is 0 Å². The third-order valence-corrected chi connectivity index (χ3v) is 5.33. The molecule has 2 aromatic heterocycles. The van der Waals surface area contributed by atoms with Gasteiger partial charge in [-0.25, -0.2) is 4.98 Å². The van der Waals surface area contributed by atoms with E-state index in [2.05, 4.69) is 10.1 Å². The number of carboxylic acids is 1. The van der Waals surface area contributed by atoms with E-state index in [1.54, 1.807) is 17.9 Å². The number of benzene rings is 1. The first-order valence-corrected chi connectivity index (χ1v) is 9.30. The lowest BCUT2D eigenvalue weighted by Crippen LogP contribution is -2.40. The molecule has 7 nitrogen and oxygen atoms in total. The zero-order chi connectivity index (χ0) is 19.8. The average molecular weight is 379 g/mol. The second-order valence-electron chi connectivity index (χ2n) is 7.27. The number of hydrogen-bond donors (Lipinski definition) is 1. The smallest absolute Gasteiger partial charge is 0.306 e. The van der Waals surface area contributed by atoms with E-state index in [1.807, 2.05) is 31.2 Å². The van der Waals surface area contributed by atoms with Gasteiger partial charge in [-0.2, -0.15) is 0 Å². The fourth-order valence-electron chi connectivity index (χ4n) is 3.64. The van der Waals surface area contributed by atoms with Crippen LogP contribution in [-0.4, -0.2) is 45.1 Å². The summed E-state index contributed by atoms with van der Waals surface area (Å²) in [5, 5.41) is 13.8. The van der Waals surface area contributed by atoms with E-state index in [4.69, 9.17) is 4.52 Å². The van der Waals surface area contributed by atoms with Crippen LogP contribution in [0.5, 0.6) is 0 Å². The average Bonchev–Trinajstić information content (AvgIpc) is 3.08. The summed E-state index contributed by atoms with van der Waals surface area (Å²) >= 11 is 0. The van der Waals surface area contributed by atoms with Gasteiger partial charge < -0.3 is 14.5 Å². The number of carbonyl (C=O) groups excluding carboxylic acids is 1. The van der Waals surface area contributed by atoms with E-state index >= 15 is 0 Å². The summed E-state index contributed by atoms with van der Waals surface area (Å²) in [6, 6.07) is 9.68. The zero-order valence-electron chi connectivity index (χ0n) is 15.8. The number of carbonyl (C=O) groups is 2. The Bertz CT molecular complexity index is 1050. The third-order valence-electron chi connectivity index (χ3n) is 5.33. The van der Waals surface area contributed by atoms with Gasteiger partial charge in [-0.15, -0.1) is 0 Å². The molecule has 0 saturated carbocycles. The molecule has 144 valence electrons. The molecule has 4 rings (SSSR count). The lowest BCUT2D eigenvalue weighted by atomic mass is 9.96. The summed E-state index contributed by atoms with van der Waals surface area (Å²) < 4.78 is 5.35. The molecule has 1 N–H and O–H groups in total. The first-order valence-electron chi connectivity index (χ1n) is 9.30. The molecule has 0 aliphatic carbocycles. The van der Waals surface area contributed by atoms with Gasteiger partial charge in [0.25, 0.3) is 11.6 Å². The second-order valence-corrected chi connectivity index (χ2v) is 7.27. The maximum atomic E-state index is 13.3. The molecule has 1 fully saturated rings. The number of nitrogens with zero attached hydrogens (tertiary/aromatic N) is 3. The molecule has 0 atom stereocenters. The molecule has 28 heavy (non-hydrogen) atoms. The van der Waals surface area contributed by atoms with Gasteiger partial charge in [0.05, 0.1) is 28.3 Å². The molecule has 0 bridgehead atoms. The van der Waals surface area contributed by atoms with Crippen molar-refractivity contribution < 1.29 is 19.2 Å². The molecule has 1 saturated heterocycles. The van der Waals surface area contributed by atoms with Crippen molar-refractivity contribution in [3.05, 3.63) is 47.2 Å². The number of aryl methyl sites for hydroxylation is 2. The van der Waals surface area contributed by atoms with Crippen LogP contribution >= 0.6 is 0 Å². The number of carboxylic acid groups (broad SMARTS) is 1. The summed E-state index contributed by atoms with van der Waals surface area (Å²) in [4.78, 5) is 30.7. The summed E-state index contributed by atoms with van der Waals surface area (Å²) in [7, 11) is 0. The maximum absolute atomic E-state index is 13.3. The van der Waals surface area contributed by atoms with Crippen molar-refractivity contribution >= 4 is 23.0 Å². The molecule has 0 unspecified atom stereocenters. The minimum Gasteiger partial charge on any atom is -0.481 e. The Morgan fingerprint density at radius 2 is 1.82 bits per heavy atom. The van der Waals surface area contributed by atoms with Crippen LogP contribution in [0.2, 0.25) is 0 Å². The number of likely N-dealkylation sites (tertiary alicyclic amines) is 1. The highest BCUT2D eigenvalue weighted by molar-refractivity contribution is 6.07. The molecule has 0 radical (unpaired) electrons. The number of aromatic nitrogens is 2. The van der Waals surface area contributed by atoms with E-state index in [1.165, 1.54) is 0 Å². The lowest BCUT2D eigenvalue weighted by Gasteiger charge is -2.30. The quantitative estimate of drug-likeness (QED) is 0.749. The molecule has 1 aromatic carbocycles. The monoisotopic (exact) mass is 379 g/mol. The summed E-state index contributed by atoms with van der Waals surface area (Å²) in [5.41, 5.74) is 4.11. The van der Waals surface area contributed by atoms with Crippen LogP contribution in [-0.2, 0) is 4.79 Å². The van der Waals surface area contributed by atoms with Gasteiger partial charge in [0, 0.05) is 18.7 Å². The molecular weight excluding hydrogens is 358 g/mol. The van der Waals surface area contributed by atoms with Gasteiger partial charge in [-0.1, -0.05) is 35.0 Å². The first-order chi connectivity index (χ1) is 13.4. The third kappa shape index (κ3) is 3.24. The highest BCUT2D eigenvalue weighted by atomic mass is 16.5. The number of aliphatic carboxylic acids is 1. The van der Waals surface area contributed by atoms with Crippen molar-refractivity contribution in [2.24, 2.45) is 5.92 Å². The van der Waals surface area contributed by atoms with E-state index < -0.39 is 5.97 Å². The highest BCUT2D eigenvalue weighted by Gasteiger charge is 2.29. The minimum atomic E-state index is -0.796. The SMILES string of the molecule is Cc1ccc(-c2cc(C(=O)N3CCC(C(=O)O)CC3)c3c(C)noc3n2)cc1. The van der Waals surface area contributed by atoms with E-state index in [9.17, 15) is 14.7 Å². The predicted octanol–water partition coefficient (Wildman–Crippen LogP) is 3.44. The summed E-state index contributed by atoms with van der Waals surface area (Å²) in [5.74, 6) is -1.33. The lowest BCUT2D eigenvalue weighted by molar-refractivity contribution is -0.143. The van der Waals surface area contributed by atoms with Crippen molar-refractivity contribution in [2.45, 2.75) is 26.7 Å². The number of hydrogen-bond acceptors (Lipinski definition) is 5. The van der Waals surface area contributed by atoms with Gasteiger partial charge >= 0.3 is 5.97 Å². The molecule has 3 heterocycles. The molecule has 1 aliphatic rings. The number of pyridine rings is 1. The van der Waals surface area contributed by atoms with Crippen molar-refractivity contribution in [1.29, 1.82) is 0 Å². The van der Waals surface area contributed by atoms with Crippen LogP contribution in [0.15, 0.2) is 34.9 Å². The molecule has 3 aromatic rings. The topological polar surface area (TPSA) is 96.5 Å². The molecule has 0 spiro atoms. The Morgan fingerprint density at radius 1 is 1.14 bits per heavy atom. The van der Waals surface area contributed by atoms with Crippen LogP contribution in [0, 0.1) is 19.8 Å². The standard InChI is InChI=1S/C21H21N3O4/c1-12-3-5-14(6-4-12)17-11-16(18-13(2)23-28-19(18)22-17)20(25)24-9-7-15(8-10-24)21(26)27/h3-6,11,15H,7-10H2,1-2H3,(H,26,27). The number of rotatable bonds is 3. The summed E-state index contributed by atoms with van der Waals surface area (Å²) in [6.07, 6.45) is 0.922. The van der Waals surface area contributed by atoms with Gasteiger partial charge in [0.2, 0.25) is 0 Å². The fourth-order valence-corrected chi connectivity index (χ4v) is 3.64. The van der Waals surface area contributed by atoms with Crippen molar-refractivity contribution in [3.63, 3.8) is 0 Å². The highest BCUT2D eigenvalue weighted by Crippen LogP contribution is 2.29. The molecular formula is C21H21N3O4. The second kappa shape index (κ2) is 7.07. The first kappa shape index (κ1) is 18.2. The van der Waals surface area contributed by atoms with Gasteiger partial charge in [0.15, 0.2) is 0 Å². The van der Waals surface area contributed by atoms with Crippen LogP contribution in [0.3, 0.4) is 0 Å². The Balaban J connectivity index is 1.73. The van der Waals surface area contributed by atoms with Crippen molar-refractivity contribution in [3.8, 4) is 11.3 Å². The Hall–Kier alpha value is -3.22. The van der Waals surface area contributed by atoms with Crippen LogP contribution in [0.4, 0.5) is 0 Å². The van der Waals surface area contributed by atoms with E-state index in [0.29, 0.717) is 54.0 Å². The fraction of sp³-hybridized carbons (Fsp3) is 0.333. The van der Waals surface area contributed by atoms with Crippen molar-refractivity contribution in [2.75, 3.05) is 13.1 Å². The summed E-state index contributed by atoms with van der Waals surface area (Å²) in [6.45, 7) is 4.63. The van der Waals surface area contributed by atoms with Crippen LogP contribution < -0.4 is 0 Å². The number of fused-ring (bicyclic) bond motifs is 1. The molecule has 7 heteroatoms. The van der Waals surface area contributed by atoms with Gasteiger partial charge in [-0.3, -0.25) is 9.59 Å². The zero-order valence-corrected chi connectivity index (χ0v) is 15.8. The largest absolute Gasteiger partial charge is 0.481 e.